The van der Waals surface area contributed by atoms with E-state index in [1.54, 1.807) is 7.11 Å². The van der Waals surface area contributed by atoms with E-state index in [2.05, 4.69) is 24.4 Å². The Kier molecular flexibility index (Phi) is 4.42. The second-order valence-electron chi connectivity index (χ2n) is 4.57. The van der Waals surface area contributed by atoms with Crippen molar-refractivity contribution in [2.75, 3.05) is 12.8 Å². The molecule has 0 spiro atoms. The lowest BCUT2D eigenvalue weighted by molar-refractivity contribution is 0.414. The summed E-state index contributed by atoms with van der Waals surface area (Å²) in [6.07, 6.45) is 0. The summed E-state index contributed by atoms with van der Waals surface area (Å²) in [5, 5.41) is 3.47. The van der Waals surface area contributed by atoms with E-state index in [9.17, 15) is 0 Å². The topological polar surface area (TPSA) is 47.3 Å². The molecule has 0 fully saturated rings. The Balaban J connectivity index is 1.97. The van der Waals surface area contributed by atoms with Gasteiger partial charge >= 0.3 is 0 Å². The van der Waals surface area contributed by atoms with E-state index in [0.29, 0.717) is 0 Å². The number of benzene rings is 2. The number of nitrogens with two attached hydrogens (primary N) is 1. The van der Waals surface area contributed by atoms with E-state index in [0.717, 1.165) is 23.5 Å². The van der Waals surface area contributed by atoms with Crippen LogP contribution in [0.4, 0.5) is 5.69 Å². The van der Waals surface area contributed by atoms with Gasteiger partial charge in [-0.15, -0.1) is 0 Å². The van der Waals surface area contributed by atoms with Crippen LogP contribution in [0.15, 0.2) is 48.5 Å². The Morgan fingerprint density at radius 1 is 1.11 bits per heavy atom. The predicted octanol–water partition coefficient (Wildman–Crippen LogP) is 3.13. The number of hydrogen-bond donors (Lipinski definition) is 2. The zero-order valence-corrected chi connectivity index (χ0v) is 11.4. The smallest absolute Gasteiger partial charge is 0.118 e. The van der Waals surface area contributed by atoms with Crippen LogP contribution in [-0.4, -0.2) is 7.11 Å². The van der Waals surface area contributed by atoms with Gasteiger partial charge in [-0.3, -0.25) is 0 Å². The zero-order valence-electron chi connectivity index (χ0n) is 11.4. The van der Waals surface area contributed by atoms with Gasteiger partial charge in [0.2, 0.25) is 0 Å². The number of para-hydroxylation sites is 1. The van der Waals surface area contributed by atoms with Crippen LogP contribution in [0.3, 0.4) is 0 Å². The quantitative estimate of drug-likeness (QED) is 0.808. The molecular formula is C16H20N2O. The van der Waals surface area contributed by atoms with Crippen LogP contribution in [0.25, 0.3) is 0 Å². The summed E-state index contributed by atoms with van der Waals surface area (Å²) in [6.45, 7) is 2.90. The fourth-order valence-corrected chi connectivity index (χ4v) is 1.97. The second-order valence-corrected chi connectivity index (χ2v) is 4.57. The van der Waals surface area contributed by atoms with Crippen LogP contribution in [0.5, 0.6) is 5.75 Å². The van der Waals surface area contributed by atoms with E-state index in [1.807, 2.05) is 36.4 Å². The van der Waals surface area contributed by atoms with Gasteiger partial charge in [0.1, 0.15) is 5.75 Å². The minimum Gasteiger partial charge on any atom is -0.497 e. The van der Waals surface area contributed by atoms with Gasteiger partial charge in [-0.25, -0.2) is 0 Å². The van der Waals surface area contributed by atoms with Gasteiger partial charge in [0.15, 0.2) is 0 Å². The fraction of sp³-hybridized carbons (Fsp3) is 0.250. The molecule has 0 bridgehead atoms. The molecule has 1 atom stereocenters. The van der Waals surface area contributed by atoms with Gasteiger partial charge in [0, 0.05) is 18.3 Å². The lowest BCUT2D eigenvalue weighted by Gasteiger charge is -2.15. The lowest BCUT2D eigenvalue weighted by atomic mass is 10.1. The van der Waals surface area contributed by atoms with Gasteiger partial charge in [0.05, 0.1) is 7.11 Å². The molecule has 0 saturated heterocycles. The molecule has 0 heterocycles. The maximum Gasteiger partial charge on any atom is 0.118 e. The molecule has 1 unspecified atom stereocenters. The zero-order chi connectivity index (χ0) is 13.7. The maximum atomic E-state index is 5.93. The Morgan fingerprint density at radius 3 is 2.42 bits per heavy atom. The predicted molar refractivity (Wildman–Crippen MR) is 79.1 cm³/mol. The highest BCUT2D eigenvalue weighted by molar-refractivity contribution is 5.46. The summed E-state index contributed by atoms with van der Waals surface area (Å²) in [7, 11) is 1.68. The maximum absolute atomic E-state index is 5.93. The van der Waals surface area contributed by atoms with E-state index in [4.69, 9.17) is 10.5 Å². The van der Waals surface area contributed by atoms with E-state index in [-0.39, 0.29) is 6.04 Å². The number of ether oxygens (including phenoxy) is 1. The Hall–Kier alpha value is -2.00. The summed E-state index contributed by atoms with van der Waals surface area (Å²) < 4.78 is 5.16. The fourth-order valence-electron chi connectivity index (χ4n) is 1.97. The minimum atomic E-state index is 0.269. The van der Waals surface area contributed by atoms with Crippen LogP contribution in [0.1, 0.15) is 24.1 Å². The van der Waals surface area contributed by atoms with Crippen molar-refractivity contribution in [3.8, 4) is 5.75 Å². The normalized spacial score (nSPS) is 12.1. The molecule has 3 N–H and O–H groups in total. The van der Waals surface area contributed by atoms with Gasteiger partial charge in [0.25, 0.3) is 0 Å². The molecule has 0 aromatic heterocycles. The molecule has 0 radical (unpaired) electrons. The third-order valence-corrected chi connectivity index (χ3v) is 3.27. The second kappa shape index (κ2) is 6.25. The van der Waals surface area contributed by atoms with Crippen molar-refractivity contribution in [2.24, 2.45) is 0 Å². The summed E-state index contributed by atoms with van der Waals surface area (Å²) in [6, 6.07) is 16.3. The van der Waals surface area contributed by atoms with Crippen LogP contribution >= 0.6 is 0 Å². The van der Waals surface area contributed by atoms with Gasteiger partial charge in [-0.05, 0) is 36.2 Å². The molecule has 2 aromatic carbocycles. The third-order valence-electron chi connectivity index (χ3n) is 3.27. The molecule has 3 heteroatoms. The highest BCUT2D eigenvalue weighted by Gasteiger charge is 2.06. The molecule has 2 aromatic rings. The van der Waals surface area contributed by atoms with Crippen LogP contribution in [0.2, 0.25) is 0 Å². The van der Waals surface area contributed by atoms with Crippen molar-refractivity contribution in [3.05, 3.63) is 59.7 Å². The van der Waals surface area contributed by atoms with Crippen molar-refractivity contribution in [1.29, 1.82) is 0 Å². The molecule has 0 aliphatic carbocycles. The highest BCUT2D eigenvalue weighted by Crippen LogP contribution is 2.18. The standard InChI is InChI=1S/C16H20N2O/c1-12(13-7-9-15(19-2)10-8-13)18-11-14-5-3-4-6-16(14)17/h3-10,12,18H,11,17H2,1-2H3. The molecule has 0 aliphatic heterocycles. The van der Waals surface area contributed by atoms with Gasteiger partial charge in [-0.1, -0.05) is 30.3 Å². The number of nitrogen functional groups attached to an aromatic ring is 1. The average Bonchev–Trinajstić information content (AvgIpc) is 2.46. The molecule has 100 valence electrons. The van der Waals surface area contributed by atoms with Crippen molar-refractivity contribution < 1.29 is 4.74 Å². The first-order chi connectivity index (χ1) is 9.20. The lowest BCUT2D eigenvalue weighted by Crippen LogP contribution is -2.18. The first kappa shape index (κ1) is 13.4. The third kappa shape index (κ3) is 3.48. The van der Waals surface area contributed by atoms with Crippen molar-refractivity contribution in [2.45, 2.75) is 19.5 Å². The number of rotatable bonds is 5. The van der Waals surface area contributed by atoms with E-state index >= 15 is 0 Å². The molecule has 3 nitrogen and oxygen atoms in total. The number of hydrogen-bond acceptors (Lipinski definition) is 3. The van der Waals surface area contributed by atoms with Gasteiger partial charge < -0.3 is 15.8 Å². The highest BCUT2D eigenvalue weighted by atomic mass is 16.5. The molecule has 0 amide bonds. The summed E-state index contributed by atoms with van der Waals surface area (Å²) >= 11 is 0. The summed E-state index contributed by atoms with van der Waals surface area (Å²) in [4.78, 5) is 0. The number of methoxy groups -OCH3 is 1. The number of anilines is 1. The summed E-state index contributed by atoms with van der Waals surface area (Å²) in [5.41, 5.74) is 9.12. The largest absolute Gasteiger partial charge is 0.497 e. The molecule has 2 rings (SSSR count). The Labute approximate surface area is 114 Å². The first-order valence-electron chi connectivity index (χ1n) is 6.41. The van der Waals surface area contributed by atoms with Crippen molar-refractivity contribution >= 4 is 5.69 Å². The van der Waals surface area contributed by atoms with Crippen LogP contribution in [-0.2, 0) is 6.54 Å². The Morgan fingerprint density at radius 2 is 1.79 bits per heavy atom. The van der Waals surface area contributed by atoms with Crippen molar-refractivity contribution in [3.63, 3.8) is 0 Å². The molecule has 0 aliphatic rings. The molecule has 19 heavy (non-hydrogen) atoms. The van der Waals surface area contributed by atoms with E-state index in [1.165, 1.54) is 5.56 Å². The van der Waals surface area contributed by atoms with Crippen molar-refractivity contribution in [1.82, 2.24) is 5.32 Å². The first-order valence-corrected chi connectivity index (χ1v) is 6.41. The van der Waals surface area contributed by atoms with Crippen LogP contribution in [0, 0.1) is 0 Å². The van der Waals surface area contributed by atoms with Crippen LogP contribution < -0.4 is 15.8 Å². The SMILES string of the molecule is COc1ccc(C(C)NCc2ccccc2N)cc1. The molecule has 0 saturated carbocycles. The summed E-state index contributed by atoms with van der Waals surface area (Å²) in [5.74, 6) is 0.878. The molecular weight excluding hydrogens is 236 g/mol. The monoisotopic (exact) mass is 256 g/mol. The number of nitrogens with one attached hydrogen (secondary N) is 1. The van der Waals surface area contributed by atoms with E-state index < -0.39 is 0 Å². The average molecular weight is 256 g/mol. The van der Waals surface area contributed by atoms with Gasteiger partial charge in [-0.2, -0.15) is 0 Å². The minimum absolute atomic E-state index is 0.269. The Bertz CT molecular complexity index is 523.